The second kappa shape index (κ2) is 8.62. The van der Waals surface area contributed by atoms with Crippen molar-refractivity contribution in [2.24, 2.45) is 4.99 Å². The number of nitrogens with zero attached hydrogens (tertiary/aromatic N) is 4. The van der Waals surface area contributed by atoms with Crippen LogP contribution in [-0.2, 0) is 13.0 Å². The van der Waals surface area contributed by atoms with E-state index in [1.807, 2.05) is 47.3 Å². The number of aryl methyl sites for hydroxylation is 2. The van der Waals surface area contributed by atoms with Crippen molar-refractivity contribution < 1.29 is 0 Å². The summed E-state index contributed by atoms with van der Waals surface area (Å²) in [6.07, 6.45) is 2.86. The van der Waals surface area contributed by atoms with Crippen molar-refractivity contribution >= 4 is 17.3 Å². The van der Waals surface area contributed by atoms with Gasteiger partial charge in [0.2, 0.25) is 0 Å². The number of hydrogen-bond donors (Lipinski definition) is 2. The van der Waals surface area contributed by atoms with Crippen LogP contribution in [0.4, 0.5) is 0 Å². The van der Waals surface area contributed by atoms with E-state index in [2.05, 4.69) is 39.6 Å². The van der Waals surface area contributed by atoms with Crippen molar-refractivity contribution in [1.29, 1.82) is 0 Å². The molecule has 6 nitrogen and oxygen atoms in total. The predicted octanol–water partition coefficient (Wildman–Crippen LogP) is 2.85. The fourth-order valence-corrected chi connectivity index (χ4v) is 3.44. The van der Waals surface area contributed by atoms with Gasteiger partial charge in [0.1, 0.15) is 0 Å². The molecule has 0 amide bonds. The van der Waals surface area contributed by atoms with E-state index in [0.717, 1.165) is 41.0 Å². The first-order valence-corrected chi connectivity index (χ1v) is 9.45. The number of thiazole rings is 1. The molecule has 0 atom stereocenters. The second-order valence-corrected chi connectivity index (χ2v) is 7.23. The molecule has 0 saturated carbocycles. The normalized spacial score (nSPS) is 11.6. The zero-order valence-corrected chi connectivity index (χ0v) is 16.2. The molecule has 2 aromatic heterocycles. The summed E-state index contributed by atoms with van der Waals surface area (Å²) < 4.78 is 1.88. The molecule has 2 heterocycles. The summed E-state index contributed by atoms with van der Waals surface area (Å²) in [5.41, 5.74) is 3.14. The van der Waals surface area contributed by atoms with E-state index in [1.54, 1.807) is 18.4 Å². The highest BCUT2D eigenvalue weighted by atomic mass is 32.1. The average molecular weight is 369 g/mol. The minimum atomic E-state index is 0.620. The minimum absolute atomic E-state index is 0.620. The van der Waals surface area contributed by atoms with Crippen molar-refractivity contribution in [3.05, 3.63) is 63.9 Å². The Morgan fingerprint density at radius 2 is 1.96 bits per heavy atom. The molecule has 0 spiro atoms. The van der Waals surface area contributed by atoms with Crippen LogP contribution in [-0.4, -0.2) is 34.3 Å². The van der Waals surface area contributed by atoms with Crippen LogP contribution < -0.4 is 10.6 Å². The van der Waals surface area contributed by atoms with E-state index >= 15 is 0 Å². The summed E-state index contributed by atoms with van der Waals surface area (Å²) in [4.78, 5) is 10.1. The molecule has 0 unspecified atom stereocenters. The molecule has 0 aliphatic rings. The Balaban J connectivity index is 1.47. The van der Waals surface area contributed by atoms with E-state index in [0.29, 0.717) is 6.54 Å². The molecule has 0 saturated heterocycles. The Bertz CT molecular complexity index is 846. The zero-order valence-electron chi connectivity index (χ0n) is 15.4. The standard InChI is InChI=1S/C19H24N6S/c1-14-15(2)26-18(23-14)9-11-21-19(20-3)22-13-16-10-12-25(24-16)17-7-5-4-6-8-17/h4-8,10,12H,9,11,13H2,1-3H3,(H2,20,21,22). The van der Waals surface area contributed by atoms with Gasteiger partial charge in [0, 0.05) is 31.1 Å². The van der Waals surface area contributed by atoms with Crippen molar-refractivity contribution in [3.8, 4) is 5.69 Å². The first-order valence-electron chi connectivity index (χ1n) is 8.63. The third-order valence-electron chi connectivity index (χ3n) is 4.03. The van der Waals surface area contributed by atoms with Gasteiger partial charge in [0.15, 0.2) is 5.96 Å². The van der Waals surface area contributed by atoms with Gasteiger partial charge in [0.25, 0.3) is 0 Å². The summed E-state index contributed by atoms with van der Waals surface area (Å²) in [5.74, 6) is 0.768. The van der Waals surface area contributed by atoms with Crippen molar-refractivity contribution in [1.82, 2.24) is 25.4 Å². The van der Waals surface area contributed by atoms with E-state index in [4.69, 9.17) is 0 Å². The molecule has 136 valence electrons. The third-order valence-corrected chi connectivity index (χ3v) is 5.16. The lowest BCUT2D eigenvalue weighted by atomic mass is 10.3. The van der Waals surface area contributed by atoms with E-state index in [9.17, 15) is 0 Å². The molecule has 0 radical (unpaired) electrons. The highest BCUT2D eigenvalue weighted by molar-refractivity contribution is 7.11. The fraction of sp³-hybridized carbons (Fsp3) is 0.316. The van der Waals surface area contributed by atoms with Crippen LogP contribution in [0.5, 0.6) is 0 Å². The molecule has 2 N–H and O–H groups in total. The van der Waals surface area contributed by atoms with Crippen LogP contribution in [0.15, 0.2) is 47.6 Å². The Labute approximate surface area is 158 Å². The Morgan fingerprint density at radius 1 is 1.15 bits per heavy atom. The van der Waals surface area contributed by atoms with Crippen LogP contribution in [0.1, 0.15) is 21.3 Å². The smallest absolute Gasteiger partial charge is 0.191 e. The summed E-state index contributed by atoms with van der Waals surface area (Å²) in [6.45, 7) is 5.58. The lowest BCUT2D eigenvalue weighted by Crippen LogP contribution is -2.37. The largest absolute Gasteiger partial charge is 0.356 e. The molecule has 3 aromatic rings. The second-order valence-electron chi connectivity index (χ2n) is 5.94. The summed E-state index contributed by atoms with van der Waals surface area (Å²) in [6, 6.07) is 12.1. The van der Waals surface area contributed by atoms with Crippen LogP contribution in [0.2, 0.25) is 0 Å². The molecule has 0 fully saturated rings. The molecular formula is C19H24N6S. The Morgan fingerprint density at radius 3 is 2.65 bits per heavy atom. The first kappa shape index (κ1) is 18.1. The van der Waals surface area contributed by atoms with Crippen LogP contribution in [0.25, 0.3) is 5.69 Å². The highest BCUT2D eigenvalue weighted by Gasteiger charge is 2.05. The SMILES string of the molecule is CN=C(NCCc1nc(C)c(C)s1)NCc1ccn(-c2ccccc2)n1. The maximum absolute atomic E-state index is 4.59. The lowest BCUT2D eigenvalue weighted by Gasteiger charge is -2.10. The molecule has 7 heteroatoms. The van der Waals surface area contributed by atoms with Gasteiger partial charge in [-0.15, -0.1) is 11.3 Å². The topological polar surface area (TPSA) is 67.1 Å². The maximum atomic E-state index is 4.59. The summed E-state index contributed by atoms with van der Waals surface area (Å²) >= 11 is 1.76. The molecule has 1 aromatic carbocycles. The molecule has 3 rings (SSSR count). The summed E-state index contributed by atoms with van der Waals surface area (Å²) in [5, 5.41) is 12.4. The highest BCUT2D eigenvalue weighted by Crippen LogP contribution is 2.16. The number of benzene rings is 1. The van der Waals surface area contributed by atoms with Crippen molar-refractivity contribution in [2.75, 3.05) is 13.6 Å². The molecule has 26 heavy (non-hydrogen) atoms. The third kappa shape index (κ3) is 4.70. The fourth-order valence-electron chi connectivity index (χ4n) is 2.51. The van der Waals surface area contributed by atoms with Gasteiger partial charge < -0.3 is 10.6 Å². The van der Waals surface area contributed by atoms with Gasteiger partial charge in [-0.05, 0) is 32.0 Å². The minimum Gasteiger partial charge on any atom is -0.356 e. The zero-order chi connectivity index (χ0) is 18.4. The van der Waals surface area contributed by atoms with Gasteiger partial charge in [-0.2, -0.15) is 5.10 Å². The number of aromatic nitrogens is 3. The number of hydrogen-bond acceptors (Lipinski definition) is 4. The van der Waals surface area contributed by atoms with E-state index in [-0.39, 0.29) is 0 Å². The maximum Gasteiger partial charge on any atom is 0.191 e. The van der Waals surface area contributed by atoms with Crippen LogP contribution in [0, 0.1) is 13.8 Å². The van der Waals surface area contributed by atoms with Gasteiger partial charge in [0.05, 0.1) is 28.6 Å². The number of para-hydroxylation sites is 1. The van der Waals surface area contributed by atoms with Gasteiger partial charge in [-0.25, -0.2) is 9.67 Å². The number of nitrogens with one attached hydrogen (secondary N) is 2. The van der Waals surface area contributed by atoms with Crippen LogP contribution >= 0.6 is 11.3 Å². The number of rotatable bonds is 6. The van der Waals surface area contributed by atoms with Crippen molar-refractivity contribution in [3.63, 3.8) is 0 Å². The molecular weight excluding hydrogens is 344 g/mol. The quantitative estimate of drug-likeness (QED) is 0.519. The molecule has 0 aliphatic heterocycles. The van der Waals surface area contributed by atoms with E-state index < -0.39 is 0 Å². The van der Waals surface area contributed by atoms with Crippen LogP contribution in [0.3, 0.4) is 0 Å². The number of aliphatic imine (C=N–C) groups is 1. The average Bonchev–Trinajstić information content (AvgIpc) is 3.25. The first-order chi connectivity index (χ1) is 12.7. The summed E-state index contributed by atoms with van der Waals surface area (Å²) in [7, 11) is 1.77. The van der Waals surface area contributed by atoms with Gasteiger partial charge in [-0.1, -0.05) is 18.2 Å². The number of guanidine groups is 1. The molecule has 0 aliphatic carbocycles. The van der Waals surface area contributed by atoms with Crippen molar-refractivity contribution in [2.45, 2.75) is 26.8 Å². The Hall–Kier alpha value is -2.67. The monoisotopic (exact) mass is 368 g/mol. The molecule has 0 bridgehead atoms. The lowest BCUT2D eigenvalue weighted by molar-refractivity contribution is 0.761. The predicted molar refractivity (Wildman–Crippen MR) is 107 cm³/mol. The van der Waals surface area contributed by atoms with Gasteiger partial charge >= 0.3 is 0 Å². The van der Waals surface area contributed by atoms with E-state index in [1.165, 1.54) is 4.88 Å². The Kier molecular flexibility index (Phi) is 6.01. The van der Waals surface area contributed by atoms with Gasteiger partial charge in [-0.3, -0.25) is 4.99 Å².